The van der Waals surface area contributed by atoms with Crippen molar-refractivity contribution in [3.63, 3.8) is 0 Å². The molecule has 0 aromatic heterocycles. The molecule has 2 aromatic rings. The second kappa shape index (κ2) is 8.51. The second-order valence-electron chi connectivity index (χ2n) is 9.99. The van der Waals surface area contributed by atoms with Crippen LogP contribution in [-0.2, 0) is 11.3 Å². The van der Waals surface area contributed by atoms with Crippen LogP contribution in [0.3, 0.4) is 0 Å². The first kappa shape index (κ1) is 21.6. The predicted octanol–water partition coefficient (Wildman–Crippen LogP) is 5.26. The van der Waals surface area contributed by atoms with Gasteiger partial charge < -0.3 is 15.2 Å². The molecule has 0 amide bonds. The van der Waals surface area contributed by atoms with E-state index in [-0.39, 0.29) is 23.5 Å². The summed E-state index contributed by atoms with van der Waals surface area (Å²) >= 11 is 0. The van der Waals surface area contributed by atoms with Crippen molar-refractivity contribution in [1.82, 2.24) is 5.32 Å². The Hall–Kier alpha value is -2.58. The van der Waals surface area contributed by atoms with E-state index in [1.165, 1.54) is 12.8 Å². The van der Waals surface area contributed by atoms with Crippen LogP contribution < -0.4 is 10.1 Å². The zero-order valence-electron chi connectivity index (χ0n) is 18.6. The number of carboxylic acids is 1. The second-order valence-corrected chi connectivity index (χ2v) is 9.99. The van der Waals surface area contributed by atoms with E-state index in [1.54, 1.807) is 0 Å². The molecule has 5 heteroatoms. The molecule has 2 aliphatic rings. The first-order valence-corrected chi connectivity index (χ1v) is 11.4. The molecule has 0 spiro atoms. The van der Waals surface area contributed by atoms with Gasteiger partial charge in [0.15, 0.2) is 0 Å². The van der Waals surface area contributed by atoms with Gasteiger partial charge in [-0.05, 0) is 66.5 Å². The van der Waals surface area contributed by atoms with Gasteiger partial charge in [0.25, 0.3) is 0 Å². The highest BCUT2D eigenvalue weighted by Gasteiger charge is 2.51. The van der Waals surface area contributed by atoms with Crippen molar-refractivity contribution in [3.05, 3.63) is 41.5 Å². The summed E-state index contributed by atoms with van der Waals surface area (Å²) in [5, 5.41) is 24.7. The molecule has 2 saturated carbocycles. The molecule has 31 heavy (non-hydrogen) atoms. The van der Waals surface area contributed by atoms with Crippen LogP contribution in [0, 0.1) is 28.6 Å². The molecule has 2 aromatic carbocycles. The molecular weight excluding hydrogens is 388 g/mol. The zero-order chi connectivity index (χ0) is 22.2. The number of hydrogen-bond acceptors (Lipinski definition) is 4. The molecule has 2 N–H and O–H groups in total. The highest BCUT2D eigenvalue weighted by molar-refractivity contribution is 5.90. The zero-order valence-corrected chi connectivity index (χ0v) is 18.6. The minimum absolute atomic E-state index is 0.170. The van der Waals surface area contributed by atoms with Gasteiger partial charge in [-0.1, -0.05) is 39.0 Å². The summed E-state index contributed by atoms with van der Waals surface area (Å²) in [5.74, 6) is 0.430. The molecule has 2 fully saturated rings. The average Bonchev–Trinajstić information content (AvgIpc) is 2.74. The van der Waals surface area contributed by atoms with E-state index in [9.17, 15) is 15.2 Å². The SMILES string of the molecule is CC1(C)[C@@H](C(=O)O)C[C@H]1NCc1ccc2ccc(O[C@H]3CC[C@@H](C)CC3)c(C#N)c2c1. The number of nitrogens with zero attached hydrogens (tertiary/aromatic N) is 1. The number of benzene rings is 2. The van der Waals surface area contributed by atoms with E-state index < -0.39 is 5.97 Å². The lowest BCUT2D eigenvalue weighted by Crippen LogP contribution is -2.58. The van der Waals surface area contributed by atoms with E-state index in [1.807, 2.05) is 32.0 Å². The Morgan fingerprint density at radius 3 is 2.58 bits per heavy atom. The summed E-state index contributed by atoms with van der Waals surface area (Å²) < 4.78 is 6.27. The number of nitriles is 1. The maximum atomic E-state index is 11.4. The number of hydrogen-bond donors (Lipinski definition) is 2. The fourth-order valence-electron chi connectivity index (χ4n) is 5.13. The Labute approximate surface area is 184 Å². The maximum Gasteiger partial charge on any atom is 0.307 e. The lowest BCUT2D eigenvalue weighted by Gasteiger charge is -2.50. The number of carboxylic acid groups (broad SMARTS) is 1. The van der Waals surface area contributed by atoms with Gasteiger partial charge in [0.1, 0.15) is 17.4 Å². The molecule has 164 valence electrons. The fourth-order valence-corrected chi connectivity index (χ4v) is 5.13. The summed E-state index contributed by atoms with van der Waals surface area (Å²) in [7, 11) is 0. The Balaban J connectivity index is 1.50. The van der Waals surface area contributed by atoms with Crippen LogP contribution in [0.1, 0.15) is 64.0 Å². The van der Waals surface area contributed by atoms with Gasteiger partial charge in [-0.25, -0.2) is 0 Å². The quantitative estimate of drug-likeness (QED) is 0.666. The highest BCUT2D eigenvalue weighted by atomic mass is 16.5. The molecular formula is C26H32N2O3. The van der Waals surface area contributed by atoms with Gasteiger partial charge in [-0.3, -0.25) is 4.79 Å². The minimum Gasteiger partial charge on any atom is -0.489 e. The molecule has 0 heterocycles. The topological polar surface area (TPSA) is 82.3 Å². The first-order chi connectivity index (χ1) is 14.8. The van der Waals surface area contributed by atoms with Crippen molar-refractivity contribution in [3.8, 4) is 11.8 Å². The van der Waals surface area contributed by atoms with Crippen molar-refractivity contribution in [2.24, 2.45) is 17.3 Å². The molecule has 5 nitrogen and oxygen atoms in total. The number of aliphatic carboxylic acids is 1. The van der Waals surface area contributed by atoms with Gasteiger partial charge >= 0.3 is 5.97 Å². The van der Waals surface area contributed by atoms with Crippen molar-refractivity contribution < 1.29 is 14.6 Å². The van der Waals surface area contributed by atoms with Crippen molar-refractivity contribution in [2.75, 3.05) is 0 Å². The lowest BCUT2D eigenvalue weighted by atomic mass is 9.58. The van der Waals surface area contributed by atoms with Gasteiger partial charge in [-0.2, -0.15) is 5.26 Å². The number of ether oxygens (including phenoxy) is 1. The molecule has 0 radical (unpaired) electrons. The van der Waals surface area contributed by atoms with Crippen LogP contribution in [0.2, 0.25) is 0 Å². The summed E-state index contributed by atoms with van der Waals surface area (Å²) in [4.78, 5) is 11.4. The number of rotatable bonds is 6. The predicted molar refractivity (Wildman–Crippen MR) is 121 cm³/mol. The molecule has 0 bridgehead atoms. The largest absolute Gasteiger partial charge is 0.489 e. The van der Waals surface area contributed by atoms with E-state index in [4.69, 9.17) is 4.74 Å². The van der Waals surface area contributed by atoms with Gasteiger partial charge in [-0.15, -0.1) is 0 Å². The van der Waals surface area contributed by atoms with Crippen molar-refractivity contribution in [1.29, 1.82) is 5.26 Å². The smallest absolute Gasteiger partial charge is 0.307 e. The molecule has 2 atom stereocenters. The van der Waals surface area contributed by atoms with Crippen LogP contribution >= 0.6 is 0 Å². The van der Waals surface area contributed by atoms with Crippen molar-refractivity contribution in [2.45, 2.75) is 71.6 Å². The van der Waals surface area contributed by atoms with Gasteiger partial charge in [0.05, 0.1) is 12.0 Å². The normalized spacial score (nSPS) is 27.3. The maximum absolute atomic E-state index is 11.4. The van der Waals surface area contributed by atoms with Crippen LogP contribution in [0.5, 0.6) is 5.75 Å². The highest BCUT2D eigenvalue weighted by Crippen LogP contribution is 2.46. The molecule has 0 aliphatic heterocycles. The Morgan fingerprint density at radius 1 is 1.23 bits per heavy atom. The van der Waals surface area contributed by atoms with E-state index in [0.717, 1.165) is 35.1 Å². The third kappa shape index (κ3) is 4.27. The Bertz CT molecular complexity index is 1020. The van der Waals surface area contributed by atoms with Crippen LogP contribution in [0.25, 0.3) is 10.8 Å². The number of carbonyl (C=O) groups is 1. The van der Waals surface area contributed by atoms with E-state index >= 15 is 0 Å². The number of nitrogens with one attached hydrogen (secondary N) is 1. The lowest BCUT2D eigenvalue weighted by molar-refractivity contribution is -0.155. The Kier molecular flexibility index (Phi) is 5.94. The molecule has 0 unspecified atom stereocenters. The number of fused-ring (bicyclic) bond motifs is 1. The standard InChI is InChI=1S/C26H32N2O3/c1-16-4-9-19(10-5-16)31-23-11-8-18-7-6-17(12-20(18)21(23)14-27)15-28-24-13-22(25(29)30)26(24,2)3/h6-8,11-12,16,19,22,24,28H,4-5,9-10,13,15H2,1-3H3,(H,29,30)/t16-,19+,22-,24-/m1/s1. The Morgan fingerprint density at radius 2 is 1.94 bits per heavy atom. The van der Waals surface area contributed by atoms with Crippen LogP contribution in [0.4, 0.5) is 0 Å². The molecule has 0 saturated heterocycles. The third-order valence-corrected chi connectivity index (χ3v) is 7.53. The van der Waals surface area contributed by atoms with Crippen molar-refractivity contribution >= 4 is 16.7 Å². The molecule has 4 rings (SSSR count). The van der Waals surface area contributed by atoms with Crippen LogP contribution in [-0.4, -0.2) is 23.2 Å². The van der Waals surface area contributed by atoms with E-state index in [0.29, 0.717) is 24.3 Å². The summed E-state index contributed by atoms with van der Waals surface area (Å²) in [5.41, 5.74) is 1.43. The third-order valence-electron chi connectivity index (χ3n) is 7.53. The average molecular weight is 421 g/mol. The van der Waals surface area contributed by atoms with Gasteiger partial charge in [0, 0.05) is 18.0 Å². The van der Waals surface area contributed by atoms with Crippen LogP contribution in [0.15, 0.2) is 30.3 Å². The summed E-state index contributed by atoms with van der Waals surface area (Å²) in [6, 6.07) is 12.7. The minimum atomic E-state index is -0.715. The molecule has 2 aliphatic carbocycles. The monoisotopic (exact) mass is 420 g/mol. The fraction of sp³-hybridized carbons (Fsp3) is 0.538. The van der Waals surface area contributed by atoms with E-state index in [2.05, 4.69) is 30.4 Å². The summed E-state index contributed by atoms with van der Waals surface area (Å²) in [6.45, 7) is 6.95. The summed E-state index contributed by atoms with van der Waals surface area (Å²) in [6.07, 6.45) is 5.28. The first-order valence-electron chi connectivity index (χ1n) is 11.4. The van der Waals surface area contributed by atoms with Gasteiger partial charge in [0.2, 0.25) is 0 Å².